The molecule has 0 radical (unpaired) electrons. The van der Waals surface area contributed by atoms with Crippen LogP contribution >= 0.6 is 0 Å². The molecule has 3 heteroatoms. The summed E-state index contributed by atoms with van der Waals surface area (Å²) in [5, 5.41) is 8.54. The van der Waals surface area contributed by atoms with Crippen LogP contribution in [0, 0.1) is 17.2 Å². The van der Waals surface area contributed by atoms with Crippen molar-refractivity contribution in [2.75, 3.05) is 7.05 Å². The topological polar surface area (TPSA) is 44.1 Å². The molecule has 10 heavy (non-hydrogen) atoms. The minimum atomic E-state index is -0.0995. The summed E-state index contributed by atoms with van der Waals surface area (Å²) in [5.41, 5.74) is 0. The quantitative estimate of drug-likeness (QED) is 0.485. The van der Waals surface area contributed by atoms with Gasteiger partial charge in [-0.1, -0.05) is 0 Å². The second kappa shape index (κ2) is 2.30. The van der Waals surface area contributed by atoms with Crippen molar-refractivity contribution < 1.29 is 4.79 Å². The third-order valence-corrected chi connectivity index (χ3v) is 2.15. The van der Waals surface area contributed by atoms with Crippen LogP contribution in [-0.2, 0) is 4.79 Å². The van der Waals surface area contributed by atoms with Crippen molar-refractivity contribution in [3.8, 4) is 6.07 Å². The van der Waals surface area contributed by atoms with Crippen molar-refractivity contribution in [2.45, 2.75) is 19.4 Å². The highest BCUT2D eigenvalue weighted by Crippen LogP contribution is 2.22. The van der Waals surface area contributed by atoms with Gasteiger partial charge in [-0.3, -0.25) is 4.79 Å². The van der Waals surface area contributed by atoms with E-state index in [4.69, 9.17) is 5.26 Å². The molecule has 1 rings (SSSR count). The highest BCUT2D eigenvalue weighted by atomic mass is 16.2. The second-order valence-electron chi connectivity index (χ2n) is 2.68. The molecule has 2 unspecified atom stereocenters. The Kier molecular flexibility index (Phi) is 1.62. The molecule has 0 aromatic rings. The Morgan fingerprint density at radius 2 is 2.40 bits per heavy atom. The Hall–Kier alpha value is -1.04. The highest BCUT2D eigenvalue weighted by molar-refractivity contribution is 5.79. The zero-order valence-electron chi connectivity index (χ0n) is 6.16. The summed E-state index contributed by atoms with van der Waals surface area (Å²) in [7, 11) is 1.74. The van der Waals surface area contributed by atoms with Crippen LogP contribution in [0.15, 0.2) is 0 Å². The molecule has 1 heterocycles. The fourth-order valence-corrected chi connectivity index (χ4v) is 1.15. The molecule has 0 spiro atoms. The van der Waals surface area contributed by atoms with Gasteiger partial charge in [0.1, 0.15) is 0 Å². The summed E-state index contributed by atoms with van der Waals surface area (Å²) in [6.45, 7) is 1.90. The van der Waals surface area contributed by atoms with Gasteiger partial charge in [0.05, 0.1) is 12.0 Å². The van der Waals surface area contributed by atoms with Crippen LogP contribution in [-0.4, -0.2) is 23.9 Å². The molecular weight excluding hydrogens is 128 g/mol. The third-order valence-electron chi connectivity index (χ3n) is 2.15. The van der Waals surface area contributed by atoms with Crippen LogP contribution in [0.25, 0.3) is 0 Å². The van der Waals surface area contributed by atoms with Crippen molar-refractivity contribution in [3.63, 3.8) is 0 Å². The molecule has 0 bridgehead atoms. The lowest BCUT2D eigenvalue weighted by Crippen LogP contribution is -2.28. The zero-order valence-corrected chi connectivity index (χ0v) is 6.16. The predicted molar refractivity (Wildman–Crippen MR) is 36.0 cm³/mol. The first-order valence-corrected chi connectivity index (χ1v) is 3.32. The van der Waals surface area contributed by atoms with E-state index in [0.29, 0.717) is 6.42 Å². The van der Waals surface area contributed by atoms with Crippen molar-refractivity contribution in [3.05, 3.63) is 0 Å². The fraction of sp³-hybridized carbons (Fsp3) is 0.714. The highest BCUT2D eigenvalue weighted by Gasteiger charge is 2.33. The maximum atomic E-state index is 10.9. The average molecular weight is 138 g/mol. The van der Waals surface area contributed by atoms with Gasteiger partial charge >= 0.3 is 0 Å². The van der Waals surface area contributed by atoms with E-state index in [0.717, 1.165) is 0 Å². The lowest BCUT2D eigenvalue weighted by Gasteiger charge is -2.15. The summed E-state index contributed by atoms with van der Waals surface area (Å²) < 4.78 is 0. The number of likely N-dealkylation sites (tertiary alicyclic amines) is 1. The van der Waals surface area contributed by atoms with Crippen molar-refractivity contribution in [2.24, 2.45) is 5.92 Å². The summed E-state index contributed by atoms with van der Waals surface area (Å²) in [6.07, 6.45) is 0.397. The van der Waals surface area contributed by atoms with E-state index in [-0.39, 0.29) is 17.9 Å². The lowest BCUT2D eigenvalue weighted by atomic mass is 10.0. The molecule has 0 N–H and O–H groups in total. The van der Waals surface area contributed by atoms with Gasteiger partial charge in [0.25, 0.3) is 0 Å². The predicted octanol–water partition coefficient (Wildman–Crippen LogP) is 0.377. The Labute approximate surface area is 60.2 Å². The molecule has 1 aliphatic rings. The van der Waals surface area contributed by atoms with Crippen LogP contribution in [0.5, 0.6) is 0 Å². The van der Waals surface area contributed by atoms with Gasteiger partial charge in [0.2, 0.25) is 5.91 Å². The Morgan fingerprint density at radius 3 is 2.60 bits per heavy atom. The number of amides is 1. The van der Waals surface area contributed by atoms with E-state index in [1.165, 1.54) is 0 Å². The minimum Gasteiger partial charge on any atom is -0.342 e. The van der Waals surface area contributed by atoms with Gasteiger partial charge in [-0.05, 0) is 6.92 Å². The van der Waals surface area contributed by atoms with E-state index in [1.807, 2.05) is 6.92 Å². The van der Waals surface area contributed by atoms with E-state index >= 15 is 0 Å². The molecule has 1 fully saturated rings. The molecule has 1 amide bonds. The van der Waals surface area contributed by atoms with Gasteiger partial charge in [0, 0.05) is 19.5 Å². The summed E-state index contributed by atoms with van der Waals surface area (Å²) in [5.74, 6) is -0.0171. The summed E-state index contributed by atoms with van der Waals surface area (Å²) >= 11 is 0. The molecule has 0 aromatic carbocycles. The lowest BCUT2D eigenvalue weighted by molar-refractivity contribution is -0.127. The Bertz CT molecular complexity index is 194. The Morgan fingerprint density at radius 1 is 1.80 bits per heavy atom. The molecule has 2 atom stereocenters. The smallest absolute Gasteiger partial charge is 0.223 e. The number of carbonyl (C=O) groups is 1. The van der Waals surface area contributed by atoms with Crippen LogP contribution in [0.4, 0.5) is 0 Å². The third kappa shape index (κ3) is 0.860. The molecule has 1 saturated heterocycles. The standard InChI is InChI=1S/C7H10N2O/c1-5-6(4-8)3-7(10)9(5)2/h5-6H,3H2,1-2H3. The molecule has 0 saturated carbocycles. The maximum Gasteiger partial charge on any atom is 0.223 e. The van der Waals surface area contributed by atoms with Gasteiger partial charge in [-0.2, -0.15) is 5.26 Å². The first-order chi connectivity index (χ1) is 4.66. The van der Waals surface area contributed by atoms with Gasteiger partial charge in [-0.15, -0.1) is 0 Å². The fourth-order valence-electron chi connectivity index (χ4n) is 1.15. The van der Waals surface area contributed by atoms with Gasteiger partial charge in [-0.25, -0.2) is 0 Å². The van der Waals surface area contributed by atoms with Crippen molar-refractivity contribution in [1.29, 1.82) is 5.26 Å². The molecule has 0 aromatic heterocycles. The van der Waals surface area contributed by atoms with Gasteiger partial charge < -0.3 is 4.90 Å². The molecule has 0 aliphatic carbocycles. The number of hydrogen-bond acceptors (Lipinski definition) is 2. The second-order valence-corrected chi connectivity index (χ2v) is 2.68. The summed E-state index contributed by atoms with van der Waals surface area (Å²) in [6, 6.07) is 2.21. The maximum absolute atomic E-state index is 10.9. The normalized spacial score (nSPS) is 32.5. The first-order valence-electron chi connectivity index (χ1n) is 3.32. The Balaban J connectivity index is 2.73. The van der Waals surface area contributed by atoms with Crippen LogP contribution in [0.1, 0.15) is 13.3 Å². The van der Waals surface area contributed by atoms with Crippen molar-refractivity contribution >= 4 is 5.91 Å². The largest absolute Gasteiger partial charge is 0.342 e. The molecule has 3 nitrogen and oxygen atoms in total. The van der Waals surface area contributed by atoms with E-state index < -0.39 is 0 Å². The SMILES string of the molecule is CC1C(C#N)CC(=O)N1C. The monoisotopic (exact) mass is 138 g/mol. The average Bonchev–Trinajstić information content (AvgIpc) is 2.17. The van der Waals surface area contributed by atoms with Crippen LogP contribution in [0.2, 0.25) is 0 Å². The first kappa shape index (κ1) is 7.07. The molecule has 1 aliphatic heterocycles. The number of nitriles is 1. The van der Waals surface area contributed by atoms with E-state index in [1.54, 1.807) is 11.9 Å². The van der Waals surface area contributed by atoms with Crippen LogP contribution < -0.4 is 0 Å². The number of rotatable bonds is 0. The molecule has 54 valence electrons. The van der Waals surface area contributed by atoms with E-state index in [9.17, 15) is 4.79 Å². The summed E-state index contributed by atoms with van der Waals surface area (Å²) in [4.78, 5) is 12.6. The molecular formula is C7H10N2O. The van der Waals surface area contributed by atoms with Crippen molar-refractivity contribution in [1.82, 2.24) is 4.90 Å². The van der Waals surface area contributed by atoms with E-state index in [2.05, 4.69) is 6.07 Å². The van der Waals surface area contributed by atoms with Crippen LogP contribution in [0.3, 0.4) is 0 Å². The number of nitrogens with zero attached hydrogens (tertiary/aromatic N) is 2. The zero-order chi connectivity index (χ0) is 7.72. The number of hydrogen-bond donors (Lipinski definition) is 0. The minimum absolute atomic E-state index is 0.0825. The van der Waals surface area contributed by atoms with Gasteiger partial charge in [0.15, 0.2) is 0 Å². The number of carbonyl (C=O) groups excluding carboxylic acids is 1.